The number of rotatable bonds is 11. The van der Waals surface area contributed by atoms with E-state index in [4.69, 9.17) is 19.4 Å². The molecule has 0 radical (unpaired) electrons. The van der Waals surface area contributed by atoms with Gasteiger partial charge in [0.15, 0.2) is 0 Å². The number of aromatic nitrogens is 4. The molecule has 340 valence electrons. The first-order valence-electron chi connectivity index (χ1n) is 19.9. The fraction of sp³-hybridized carbons (Fsp3) is 0.442. The summed E-state index contributed by atoms with van der Waals surface area (Å²) in [5.74, 6) is 1.04. The Bertz CT molecular complexity index is 2310. The molecule has 4 amide bonds. The molecule has 2 fully saturated rings. The van der Waals surface area contributed by atoms with Crippen LogP contribution < -0.4 is 10.6 Å². The quantitative estimate of drug-likeness (QED) is 0.104. The van der Waals surface area contributed by atoms with Gasteiger partial charge in [0, 0.05) is 18.7 Å². The van der Waals surface area contributed by atoms with Gasteiger partial charge in [-0.3, -0.25) is 9.59 Å². The van der Waals surface area contributed by atoms with Gasteiger partial charge >= 0.3 is 12.2 Å². The van der Waals surface area contributed by atoms with Crippen molar-refractivity contribution in [3.8, 4) is 22.4 Å². The summed E-state index contributed by atoms with van der Waals surface area (Å²) in [4.78, 5) is 71.7. The number of hydrogen-bond donors (Lipinski definition) is 4. The van der Waals surface area contributed by atoms with Crippen LogP contribution in [0.15, 0.2) is 60.8 Å². The summed E-state index contributed by atoms with van der Waals surface area (Å²) < 4.78 is 9.58. The molecule has 4 N–H and O–H groups in total. The predicted octanol–water partition coefficient (Wildman–Crippen LogP) is 7.82. The number of carbonyl (C=O) groups excluding carboxylic acids is 4. The van der Waals surface area contributed by atoms with E-state index in [2.05, 4.69) is 69.1 Å². The summed E-state index contributed by atoms with van der Waals surface area (Å²) in [6.45, 7) is 8.95. The van der Waals surface area contributed by atoms with Gasteiger partial charge in [-0.25, -0.2) is 19.6 Å². The molecule has 4 heterocycles. The first kappa shape index (κ1) is 54.0. The van der Waals surface area contributed by atoms with Crippen molar-refractivity contribution in [1.29, 1.82) is 0 Å². The Kier molecular flexibility index (Phi) is 20.4. The number of H-pyrrole nitrogens is 2. The number of alkyl carbamates (subject to hydrolysis) is 2. The number of fused-ring (bicyclic) bond motifs is 2. The summed E-state index contributed by atoms with van der Waals surface area (Å²) in [5.41, 5.74) is 5.66. The van der Waals surface area contributed by atoms with E-state index in [-0.39, 0.29) is 103 Å². The molecule has 62 heavy (non-hydrogen) atoms. The lowest BCUT2D eigenvalue weighted by atomic mass is 9.97. The molecule has 2 aromatic heterocycles. The van der Waals surface area contributed by atoms with Crippen LogP contribution in [-0.2, 0) is 19.1 Å². The zero-order valence-corrected chi connectivity index (χ0v) is 40.9. The fourth-order valence-corrected chi connectivity index (χ4v) is 8.17. The Labute approximate surface area is 398 Å². The van der Waals surface area contributed by atoms with Crippen LogP contribution in [0.2, 0.25) is 0 Å². The molecule has 0 spiro atoms. The minimum atomic E-state index is -0.691. The molecule has 0 saturated carbocycles. The van der Waals surface area contributed by atoms with E-state index < -0.39 is 24.3 Å². The zero-order chi connectivity index (χ0) is 40.4. The number of nitrogens with zero attached hydrogens (tertiary/aromatic N) is 4. The normalized spacial score (nSPS) is 17.0. The number of carbonyl (C=O) groups is 4. The third-order valence-electron chi connectivity index (χ3n) is 11.6. The number of amides is 4. The Hall–Kier alpha value is -4.17. The van der Waals surface area contributed by atoms with E-state index in [0.29, 0.717) is 13.1 Å². The molecule has 19 heteroatoms. The van der Waals surface area contributed by atoms with Crippen LogP contribution in [0.25, 0.3) is 44.2 Å². The first-order chi connectivity index (χ1) is 27.5. The molecule has 0 aliphatic carbocycles. The summed E-state index contributed by atoms with van der Waals surface area (Å²) in [6, 6.07) is 17.1. The molecule has 2 saturated heterocycles. The van der Waals surface area contributed by atoms with E-state index in [0.717, 1.165) is 87.9 Å². The second-order valence-electron chi connectivity index (χ2n) is 15.5. The molecule has 0 bridgehead atoms. The Balaban J connectivity index is 0.00000265. The summed E-state index contributed by atoms with van der Waals surface area (Å²) in [7, 11) is 2.59. The van der Waals surface area contributed by atoms with Gasteiger partial charge in [0.25, 0.3) is 0 Å². The van der Waals surface area contributed by atoms with Crippen LogP contribution in [-0.4, -0.2) is 93.1 Å². The number of ether oxygens (including phenoxy) is 2. The summed E-state index contributed by atoms with van der Waals surface area (Å²) in [5, 5.41) is 7.62. The van der Waals surface area contributed by atoms with Crippen molar-refractivity contribution in [2.45, 2.75) is 84.0 Å². The fourth-order valence-electron chi connectivity index (χ4n) is 8.17. The van der Waals surface area contributed by atoms with Crippen molar-refractivity contribution in [3.05, 3.63) is 72.4 Å². The van der Waals surface area contributed by atoms with E-state index >= 15 is 0 Å². The number of aromatic amines is 2. The zero-order valence-electron chi connectivity index (χ0n) is 35.9. The van der Waals surface area contributed by atoms with Crippen LogP contribution >= 0.6 is 67.5 Å². The largest absolute Gasteiger partial charge is 0.453 e. The highest BCUT2D eigenvalue weighted by Crippen LogP contribution is 2.36. The highest BCUT2D eigenvalue weighted by Gasteiger charge is 2.39. The summed E-state index contributed by atoms with van der Waals surface area (Å²) in [6.07, 6.45) is 4.57. The van der Waals surface area contributed by atoms with Gasteiger partial charge in [-0.15, -0.1) is 0 Å². The number of nitrogens with one attached hydrogen (secondary N) is 4. The number of methoxy groups -OCH3 is 2. The Morgan fingerprint density at radius 2 is 1.23 bits per heavy atom. The van der Waals surface area contributed by atoms with Crippen molar-refractivity contribution in [1.82, 2.24) is 40.4 Å². The molecule has 7 rings (SSSR count). The average molecular weight is 947 g/mol. The van der Waals surface area contributed by atoms with Gasteiger partial charge in [-0.1, -0.05) is 64.4 Å². The standard InChI is InChI=1S/C43H52N8O6.5H2S/c1-7-25(4)37(49-43(55)57-6)41(53)51-19-9-11-35(51)39-45-31-17-16-29(22-32(31)46-39)27-12-13-28-21-30(15-14-26(28)20-27)33-23-44-38(47-33)34-10-8-18-50(34)40(52)36(24(2)3)48-42(54)56-5;;;;;/h12-17,20-25,34-37H,7-11,18-19H2,1-6H3,(H,44,47)(H,45,46)(H,48,54)(H,49,55);5*1H2/t25-,34-,35-,36-,37-;;;;;/m0...../s1. The first-order valence-corrected chi connectivity index (χ1v) is 19.9. The Morgan fingerprint density at radius 3 is 1.81 bits per heavy atom. The van der Waals surface area contributed by atoms with Gasteiger partial charge < -0.3 is 39.9 Å². The summed E-state index contributed by atoms with van der Waals surface area (Å²) >= 11 is 0. The highest BCUT2D eigenvalue weighted by atomic mass is 32.1. The number of hydrogen-bond acceptors (Lipinski definition) is 8. The van der Waals surface area contributed by atoms with Crippen LogP contribution in [0.5, 0.6) is 0 Å². The lowest BCUT2D eigenvalue weighted by Crippen LogP contribution is -2.51. The maximum Gasteiger partial charge on any atom is 0.407 e. The van der Waals surface area contributed by atoms with Gasteiger partial charge in [0.05, 0.1) is 49.2 Å². The van der Waals surface area contributed by atoms with Gasteiger partial charge in [-0.05, 0) is 83.7 Å². The topological polar surface area (TPSA) is 175 Å². The minimum Gasteiger partial charge on any atom is -0.453 e. The number of imidazole rings is 2. The minimum absolute atomic E-state index is 0. The maximum atomic E-state index is 13.8. The van der Waals surface area contributed by atoms with Crippen LogP contribution in [0.1, 0.15) is 83.5 Å². The molecule has 0 unspecified atom stereocenters. The third kappa shape index (κ3) is 11.3. The average Bonchev–Trinajstić information content (AvgIpc) is 4.06. The van der Waals surface area contributed by atoms with Crippen LogP contribution in [0.3, 0.4) is 0 Å². The molecule has 14 nitrogen and oxygen atoms in total. The third-order valence-corrected chi connectivity index (χ3v) is 11.6. The molecular weight excluding hydrogens is 885 g/mol. The lowest BCUT2D eigenvalue weighted by molar-refractivity contribution is -0.136. The van der Waals surface area contributed by atoms with Crippen LogP contribution in [0.4, 0.5) is 9.59 Å². The number of benzene rings is 3. The molecular formula is C43H62N8O6S5. The van der Waals surface area contributed by atoms with E-state index in [1.54, 1.807) is 0 Å². The molecule has 5 atom stereocenters. The van der Waals surface area contributed by atoms with E-state index in [1.165, 1.54) is 14.2 Å². The Morgan fingerprint density at radius 1 is 0.710 bits per heavy atom. The maximum absolute atomic E-state index is 13.8. The van der Waals surface area contributed by atoms with Gasteiger partial charge in [0.2, 0.25) is 11.8 Å². The van der Waals surface area contributed by atoms with E-state index in [1.807, 2.05) is 49.8 Å². The number of likely N-dealkylation sites (tertiary alicyclic amines) is 2. The van der Waals surface area contributed by atoms with Gasteiger partial charge in [-0.2, -0.15) is 67.5 Å². The van der Waals surface area contributed by atoms with Crippen molar-refractivity contribution in [2.24, 2.45) is 11.8 Å². The van der Waals surface area contributed by atoms with Crippen molar-refractivity contribution in [2.75, 3.05) is 27.3 Å². The monoisotopic (exact) mass is 946 g/mol. The highest BCUT2D eigenvalue weighted by molar-refractivity contribution is 7.60. The lowest BCUT2D eigenvalue weighted by Gasteiger charge is -2.30. The SMILES string of the molecule is CC[C@H](C)[C@H](NC(=O)OC)C(=O)N1CCC[C@H]1c1nc2ccc(-c3ccc4cc(-c5cnc([C@@H]6CCCN6C(=O)[C@@H](NC(=O)OC)C(C)C)[nH]5)ccc4c3)cc2[nH]1.S.S.S.S.S. The second-order valence-corrected chi connectivity index (χ2v) is 15.5. The van der Waals surface area contributed by atoms with Gasteiger partial charge in [0.1, 0.15) is 23.7 Å². The van der Waals surface area contributed by atoms with Crippen molar-refractivity contribution in [3.63, 3.8) is 0 Å². The predicted molar refractivity (Wildman–Crippen MR) is 269 cm³/mol. The van der Waals surface area contributed by atoms with Crippen LogP contribution in [0, 0.1) is 11.8 Å². The smallest absolute Gasteiger partial charge is 0.407 e. The molecule has 2 aliphatic heterocycles. The molecule has 2 aliphatic rings. The van der Waals surface area contributed by atoms with Crippen molar-refractivity contribution < 1.29 is 28.7 Å². The second kappa shape index (κ2) is 23.5. The molecule has 5 aromatic rings. The van der Waals surface area contributed by atoms with E-state index in [9.17, 15) is 19.2 Å². The van der Waals surface area contributed by atoms with Crippen molar-refractivity contribution >= 4 is 113 Å². The molecule has 3 aromatic carbocycles.